The Morgan fingerprint density at radius 1 is 1.14 bits per heavy atom. The van der Waals surface area contributed by atoms with E-state index >= 15 is 0 Å². The Balaban J connectivity index is 2.53. The van der Waals surface area contributed by atoms with Gasteiger partial charge in [0.1, 0.15) is 5.54 Å². The summed E-state index contributed by atoms with van der Waals surface area (Å²) in [7, 11) is -3.86. The average molecular weight is 311 g/mol. The number of rotatable bonds is 4. The third-order valence-electron chi connectivity index (χ3n) is 4.51. The van der Waals surface area contributed by atoms with E-state index in [0.717, 1.165) is 17.5 Å². The van der Waals surface area contributed by atoms with Crippen LogP contribution in [0.4, 0.5) is 0 Å². The van der Waals surface area contributed by atoms with Crippen LogP contribution < -0.4 is 4.72 Å². The zero-order chi connectivity index (χ0) is 16.0. The molecule has 0 saturated heterocycles. The molecule has 1 saturated carbocycles. The maximum absolute atomic E-state index is 12.7. The minimum absolute atomic E-state index is 0.215. The van der Waals surface area contributed by atoms with Gasteiger partial charge in [0.25, 0.3) is 0 Å². The Labute approximate surface area is 125 Å². The number of carbonyl (C=O) groups is 1. The van der Waals surface area contributed by atoms with E-state index in [4.69, 9.17) is 0 Å². The van der Waals surface area contributed by atoms with Crippen LogP contribution in [0.25, 0.3) is 0 Å². The maximum atomic E-state index is 12.7. The van der Waals surface area contributed by atoms with E-state index in [1.54, 1.807) is 13.8 Å². The molecule has 0 aromatic heterocycles. The van der Waals surface area contributed by atoms with Crippen LogP contribution >= 0.6 is 0 Å². The van der Waals surface area contributed by atoms with Crippen molar-refractivity contribution in [1.29, 1.82) is 0 Å². The van der Waals surface area contributed by atoms with Gasteiger partial charge in [0.15, 0.2) is 0 Å². The summed E-state index contributed by atoms with van der Waals surface area (Å²) in [5, 5.41) is 9.31. The van der Waals surface area contributed by atoms with Gasteiger partial charge in [0.05, 0.1) is 4.90 Å². The second-order valence-electron chi connectivity index (χ2n) is 5.94. The number of carboxylic acid groups (broad SMARTS) is 1. The van der Waals surface area contributed by atoms with Crippen molar-refractivity contribution >= 4 is 16.0 Å². The minimum atomic E-state index is -3.86. The minimum Gasteiger partial charge on any atom is -0.480 e. The second kappa shape index (κ2) is 5.10. The zero-order valence-corrected chi connectivity index (χ0v) is 13.6. The topological polar surface area (TPSA) is 83.5 Å². The van der Waals surface area contributed by atoms with Crippen molar-refractivity contribution in [2.75, 3.05) is 0 Å². The van der Waals surface area contributed by atoms with Gasteiger partial charge in [-0.25, -0.2) is 8.42 Å². The number of aryl methyl sites for hydroxylation is 2. The Morgan fingerprint density at radius 2 is 1.62 bits per heavy atom. The largest absolute Gasteiger partial charge is 0.480 e. The number of hydrogen-bond donors (Lipinski definition) is 2. The molecule has 1 aliphatic carbocycles. The lowest BCUT2D eigenvalue weighted by Gasteiger charge is -2.38. The number of hydrogen-bond acceptors (Lipinski definition) is 3. The average Bonchev–Trinajstić information content (AvgIpc) is 2.31. The maximum Gasteiger partial charge on any atom is 0.324 e. The third-order valence-corrected chi connectivity index (χ3v) is 6.32. The summed E-state index contributed by atoms with van der Waals surface area (Å²) in [5.74, 6) is -1.10. The summed E-state index contributed by atoms with van der Waals surface area (Å²) in [6.45, 7) is 7.23. The molecule has 116 valence electrons. The van der Waals surface area contributed by atoms with Crippen molar-refractivity contribution < 1.29 is 18.3 Å². The molecule has 0 atom stereocenters. The predicted molar refractivity (Wildman–Crippen MR) is 79.9 cm³/mol. The number of sulfonamides is 1. The molecule has 5 nitrogen and oxygen atoms in total. The molecular formula is C15H21NO4S. The smallest absolute Gasteiger partial charge is 0.324 e. The number of benzene rings is 1. The van der Waals surface area contributed by atoms with E-state index in [1.807, 2.05) is 19.9 Å². The highest BCUT2D eigenvalue weighted by Gasteiger charge is 2.48. The first-order chi connectivity index (χ1) is 9.61. The van der Waals surface area contributed by atoms with Crippen molar-refractivity contribution in [2.45, 2.75) is 57.4 Å². The SMILES string of the molecule is Cc1cc(C)c(C)c(S(=O)(=O)NC2(C(=O)O)CCC2)c1C. The predicted octanol–water partition coefficient (Wildman–Crippen LogP) is 2.21. The molecule has 0 amide bonds. The summed E-state index contributed by atoms with van der Waals surface area (Å²) in [6.07, 6.45) is 1.40. The Hall–Kier alpha value is -1.40. The highest BCUT2D eigenvalue weighted by molar-refractivity contribution is 7.89. The van der Waals surface area contributed by atoms with Gasteiger partial charge in [-0.2, -0.15) is 4.72 Å². The zero-order valence-electron chi connectivity index (χ0n) is 12.8. The van der Waals surface area contributed by atoms with Gasteiger partial charge in [-0.1, -0.05) is 6.07 Å². The lowest BCUT2D eigenvalue weighted by Crippen LogP contribution is -2.59. The van der Waals surface area contributed by atoms with Gasteiger partial charge in [-0.15, -0.1) is 0 Å². The summed E-state index contributed by atoms with van der Waals surface area (Å²) in [4.78, 5) is 11.6. The number of aliphatic carboxylic acids is 1. The van der Waals surface area contributed by atoms with E-state index < -0.39 is 21.5 Å². The van der Waals surface area contributed by atoms with Crippen LogP contribution in [0.15, 0.2) is 11.0 Å². The van der Waals surface area contributed by atoms with Crippen LogP contribution in [-0.2, 0) is 14.8 Å². The molecule has 1 aromatic rings. The van der Waals surface area contributed by atoms with Crippen LogP contribution in [0.1, 0.15) is 41.5 Å². The van der Waals surface area contributed by atoms with E-state index in [9.17, 15) is 18.3 Å². The molecule has 2 N–H and O–H groups in total. The second-order valence-corrected chi connectivity index (χ2v) is 7.56. The van der Waals surface area contributed by atoms with E-state index in [2.05, 4.69) is 4.72 Å². The summed E-state index contributed by atoms with van der Waals surface area (Å²) in [6, 6.07) is 1.94. The van der Waals surface area contributed by atoms with E-state index in [-0.39, 0.29) is 4.90 Å². The van der Waals surface area contributed by atoms with Gasteiger partial charge < -0.3 is 5.11 Å². The molecule has 0 bridgehead atoms. The summed E-state index contributed by atoms with van der Waals surface area (Å²) in [5.41, 5.74) is 1.78. The van der Waals surface area contributed by atoms with E-state index in [1.165, 1.54) is 0 Å². The van der Waals surface area contributed by atoms with Crippen LogP contribution in [0.5, 0.6) is 0 Å². The first-order valence-corrected chi connectivity index (χ1v) is 8.44. The molecule has 21 heavy (non-hydrogen) atoms. The molecule has 0 radical (unpaired) electrons. The quantitative estimate of drug-likeness (QED) is 0.893. The number of nitrogens with one attached hydrogen (secondary N) is 1. The summed E-state index contributed by atoms with van der Waals surface area (Å²) < 4.78 is 27.9. The number of carboxylic acids is 1. The first kappa shape index (κ1) is 16.0. The molecular weight excluding hydrogens is 290 g/mol. The molecule has 2 rings (SSSR count). The van der Waals surface area contributed by atoms with Crippen LogP contribution in [-0.4, -0.2) is 25.0 Å². The fourth-order valence-electron chi connectivity index (χ4n) is 2.78. The van der Waals surface area contributed by atoms with Gasteiger partial charge >= 0.3 is 5.97 Å². The fourth-order valence-corrected chi connectivity index (χ4v) is 4.82. The lowest BCUT2D eigenvalue weighted by atomic mass is 9.78. The van der Waals surface area contributed by atoms with Gasteiger partial charge in [0.2, 0.25) is 10.0 Å². The first-order valence-electron chi connectivity index (χ1n) is 6.95. The summed E-state index contributed by atoms with van der Waals surface area (Å²) >= 11 is 0. The molecule has 0 spiro atoms. The molecule has 0 aliphatic heterocycles. The van der Waals surface area contributed by atoms with Crippen molar-refractivity contribution in [3.63, 3.8) is 0 Å². The van der Waals surface area contributed by atoms with Gasteiger partial charge in [-0.3, -0.25) is 4.79 Å². The molecule has 6 heteroatoms. The lowest BCUT2D eigenvalue weighted by molar-refractivity contribution is -0.147. The monoisotopic (exact) mass is 311 g/mol. The van der Waals surface area contributed by atoms with E-state index in [0.29, 0.717) is 24.0 Å². The molecule has 0 unspecified atom stereocenters. The highest BCUT2D eigenvalue weighted by atomic mass is 32.2. The van der Waals surface area contributed by atoms with Crippen molar-refractivity contribution in [3.8, 4) is 0 Å². The molecule has 1 fully saturated rings. The Kier molecular flexibility index (Phi) is 3.88. The Bertz CT molecular complexity index is 677. The van der Waals surface area contributed by atoms with Crippen molar-refractivity contribution in [2.24, 2.45) is 0 Å². The normalized spacial score (nSPS) is 17.3. The van der Waals surface area contributed by atoms with Crippen LogP contribution in [0.2, 0.25) is 0 Å². The standard InChI is InChI=1S/C15H21NO4S/c1-9-8-10(2)12(4)13(11(9)3)21(19,20)16-15(14(17)18)6-5-7-15/h8,16H,5-7H2,1-4H3,(H,17,18). The Morgan fingerprint density at radius 3 is 1.95 bits per heavy atom. The third kappa shape index (κ3) is 2.58. The van der Waals surface area contributed by atoms with Crippen LogP contribution in [0.3, 0.4) is 0 Å². The molecule has 1 aromatic carbocycles. The highest BCUT2D eigenvalue weighted by Crippen LogP contribution is 2.35. The van der Waals surface area contributed by atoms with Gasteiger partial charge in [-0.05, 0) is 69.2 Å². The van der Waals surface area contributed by atoms with Crippen molar-refractivity contribution in [1.82, 2.24) is 4.72 Å². The van der Waals surface area contributed by atoms with Gasteiger partial charge in [0, 0.05) is 0 Å². The van der Waals surface area contributed by atoms with Crippen LogP contribution in [0, 0.1) is 27.7 Å². The van der Waals surface area contributed by atoms with Crippen molar-refractivity contribution in [3.05, 3.63) is 28.3 Å². The molecule has 0 heterocycles. The molecule has 1 aliphatic rings. The fraction of sp³-hybridized carbons (Fsp3) is 0.533.